The van der Waals surface area contributed by atoms with Crippen LogP contribution in [0.1, 0.15) is 12.0 Å². The number of benzene rings is 1. The highest BCUT2D eigenvalue weighted by molar-refractivity contribution is 8.00. The fourth-order valence-corrected chi connectivity index (χ4v) is 3.01. The number of methoxy groups -OCH3 is 1. The van der Waals surface area contributed by atoms with E-state index in [1.165, 1.54) is 11.8 Å². The van der Waals surface area contributed by atoms with E-state index in [-0.39, 0.29) is 23.5 Å². The smallest absolute Gasteiger partial charge is 0.233 e. The molecule has 1 aliphatic heterocycles. The molecule has 2 amide bonds. The van der Waals surface area contributed by atoms with Crippen LogP contribution in [-0.2, 0) is 9.59 Å². The first-order valence-electron chi connectivity index (χ1n) is 6.44. The van der Waals surface area contributed by atoms with Crippen molar-refractivity contribution in [2.45, 2.75) is 18.6 Å². The molecule has 6 heteroatoms. The van der Waals surface area contributed by atoms with Gasteiger partial charge in [-0.15, -0.1) is 11.8 Å². The number of thioether (sulfide) groups is 1. The van der Waals surface area contributed by atoms with Crippen molar-refractivity contribution in [3.8, 4) is 5.75 Å². The fraction of sp³-hybridized carbons (Fsp3) is 0.429. The topological polar surface area (TPSA) is 67.4 Å². The SMILES string of the molecule is COc1ccc(C)cc1NC(=O)C[C@H]1SCCNC1=O. The third-order valence-electron chi connectivity index (χ3n) is 3.01. The Kier molecular flexibility index (Phi) is 4.89. The molecule has 0 saturated carbocycles. The minimum Gasteiger partial charge on any atom is -0.495 e. The zero-order valence-corrected chi connectivity index (χ0v) is 12.4. The van der Waals surface area contributed by atoms with Crippen molar-refractivity contribution in [3.05, 3.63) is 23.8 Å². The van der Waals surface area contributed by atoms with E-state index in [0.29, 0.717) is 18.0 Å². The normalized spacial score (nSPS) is 18.3. The molecular weight excluding hydrogens is 276 g/mol. The van der Waals surface area contributed by atoms with Crippen LogP contribution in [-0.4, -0.2) is 36.5 Å². The van der Waals surface area contributed by atoms with E-state index in [1.54, 1.807) is 7.11 Å². The maximum atomic E-state index is 12.0. The Morgan fingerprint density at radius 2 is 2.35 bits per heavy atom. The van der Waals surface area contributed by atoms with E-state index in [9.17, 15) is 9.59 Å². The van der Waals surface area contributed by atoms with Gasteiger partial charge in [0, 0.05) is 18.7 Å². The van der Waals surface area contributed by atoms with Crippen molar-refractivity contribution in [3.63, 3.8) is 0 Å². The van der Waals surface area contributed by atoms with Gasteiger partial charge in [-0.3, -0.25) is 9.59 Å². The number of ether oxygens (including phenoxy) is 1. The van der Waals surface area contributed by atoms with Crippen molar-refractivity contribution in [1.82, 2.24) is 5.32 Å². The van der Waals surface area contributed by atoms with Crippen molar-refractivity contribution >= 4 is 29.3 Å². The van der Waals surface area contributed by atoms with Gasteiger partial charge in [-0.1, -0.05) is 6.07 Å². The molecule has 0 aromatic heterocycles. The third kappa shape index (κ3) is 3.66. The van der Waals surface area contributed by atoms with Crippen LogP contribution in [0.15, 0.2) is 18.2 Å². The molecule has 1 heterocycles. The molecule has 1 saturated heterocycles. The molecule has 1 fully saturated rings. The van der Waals surface area contributed by atoms with Crippen LogP contribution >= 0.6 is 11.8 Å². The molecule has 0 radical (unpaired) electrons. The summed E-state index contributed by atoms with van der Waals surface area (Å²) in [6.07, 6.45) is 0.174. The number of carbonyl (C=O) groups is 2. The Bertz CT molecular complexity index is 519. The monoisotopic (exact) mass is 294 g/mol. The van der Waals surface area contributed by atoms with Crippen LogP contribution in [0, 0.1) is 6.92 Å². The van der Waals surface area contributed by atoms with E-state index in [0.717, 1.165) is 11.3 Å². The molecule has 5 nitrogen and oxygen atoms in total. The summed E-state index contributed by atoms with van der Waals surface area (Å²) < 4.78 is 5.21. The minimum absolute atomic E-state index is 0.0624. The lowest BCUT2D eigenvalue weighted by molar-refractivity contribution is -0.123. The highest BCUT2D eigenvalue weighted by atomic mass is 32.2. The van der Waals surface area contributed by atoms with Crippen LogP contribution < -0.4 is 15.4 Å². The zero-order valence-electron chi connectivity index (χ0n) is 11.6. The van der Waals surface area contributed by atoms with Gasteiger partial charge >= 0.3 is 0 Å². The van der Waals surface area contributed by atoms with Crippen LogP contribution in [0.3, 0.4) is 0 Å². The molecule has 0 spiro atoms. The molecule has 1 aliphatic rings. The van der Waals surface area contributed by atoms with Crippen molar-refractivity contribution in [2.24, 2.45) is 0 Å². The summed E-state index contributed by atoms with van der Waals surface area (Å²) in [5.41, 5.74) is 1.67. The van der Waals surface area contributed by atoms with Crippen LogP contribution in [0.2, 0.25) is 0 Å². The van der Waals surface area contributed by atoms with Gasteiger partial charge in [0.15, 0.2) is 0 Å². The van der Waals surface area contributed by atoms with Gasteiger partial charge in [0.2, 0.25) is 11.8 Å². The van der Waals surface area contributed by atoms with E-state index in [2.05, 4.69) is 10.6 Å². The first kappa shape index (κ1) is 14.7. The van der Waals surface area contributed by atoms with Crippen molar-refractivity contribution in [1.29, 1.82) is 0 Å². The quantitative estimate of drug-likeness (QED) is 0.884. The summed E-state index contributed by atoms with van der Waals surface area (Å²) in [4.78, 5) is 23.7. The molecule has 1 atom stereocenters. The molecule has 1 aromatic carbocycles. The summed E-state index contributed by atoms with van der Waals surface area (Å²) in [7, 11) is 1.56. The minimum atomic E-state index is -0.306. The lowest BCUT2D eigenvalue weighted by atomic mass is 10.2. The van der Waals surface area contributed by atoms with E-state index in [4.69, 9.17) is 4.74 Å². The summed E-state index contributed by atoms with van der Waals surface area (Å²) in [5, 5.41) is 5.28. The molecule has 20 heavy (non-hydrogen) atoms. The second-order valence-electron chi connectivity index (χ2n) is 4.61. The van der Waals surface area contributed by atoms with E-state index < -0.39 is 0 Å². The van der Waals surface area contributed by atoms with Crippen LogP contribution in [0.25, 0.3) is 0 Å². The second-order valence-corrected chi connectivity index (χ2v) is 5.92. The Balaban J connectivity index is 2.00. The number of hydrogen-bond acceptors (Lipinski definition) is 4. The van der Waals surface area contributed by atoms with Gasteiger partial charge in [-0.05, 0) is 24.6 Å². The van der Waals surface area contributed by atoms with Gasteiger partial charge in [-0.25, -0.2) is 0 Å². The Morgan fingerprint density at radius 1 is 1.55 bits per heavy atom. The van der Waals surface area contributed by atoms with Gasteiger partial charge in [0.05, 0.1) is 18.0 Å². The average Bonchev–Trinajstić information content (AvgIpc) is 2.41. The predicted octanol–water partition coefficient (Wildman–Crippen LogP) is 1.56. The molecule has 2 N–H and O–H groups in total. The Hall–Kier alpha value is -1.69. The lowest BCUT2D eigenvalue weighted by Crippen LogP contribution is -2.40. The molecular formula is C14H18N2O3S. The molecule has 0 aliphatic carbocycles. The number of carbonyl (C=O) groups excluding carboxylic acids is 2. The summed E-state index contributed by atoms with van der Waals surface area (Å²) in [6, 6.07) is 5.58. The van der Waals surface area contributed by atoms with E-state index >= 15 is 0 Å². The highest BCUT2D eigenvalue weighted by Crippen LogP contribution is 2.26. The van der Waals surface area contributed by atoms with Crippen molar-refractivity contribution in [2.75, 3.05) is 24.7 Å². The first-order chi connectivity index (χ1) is 9.60. The summed E-state index contributed by atoms with van der Waals surface area (Å²) >= 11 is 1.52. The zero-order chi connectivity index (χ0) is 14.5. The fourth-order valence-electron chi connectivity index (χ4n) is 2.01. The van der Waals surface area contributed by atoms with Gasteiger partial charge < -0.3 is 15.4 Å². The number of hydrogen-bond donors (Lipinski definition) is 2. The summed E-state index contributed by atoms with van der Waals surface area (Å²) in [6.45, 7) is 2.62. The lowest BCUT2D eigenvalue weighted by Gasteiger charge is -2.21. The van der Waals surface area contributed by atoms with Crippen molar-refractivity contribution < 1.29 is 14.3 Å². The predicted molar refractivity (Wildman–Crippen MR) is 80.2 cm³/mol. The molecule has 1 aromatic rings. The average molecular weight is 294 g/mol. The largest absolute Gasteiger partial charge is 0.495 e. The highest BCUT2D eigenvalue weighted by Gasteiger charge is 2.25. The maximum Gasteiger partial charge on any atom is 0.233 e. The molecule has 0 bridgehead atoms. The Labute approximate surface area is 122 Å². The third-order valence-corrected chi connectivity index (χ3v) is 4.24. The first-order valence-corrected chi connectivity index (χ1v) is 7.49. The number of nitrogens with one attached hydrogen (secondary N) is 2. The summed E-state index contributed by atoms with van der Waals surface area (Å²) in [5.74, 6) is 1.22. The number of rotatable bonds is 4. The maximum absolute atomic E-state index is 12.0. The van der Waals surface area contributed by atoms with Crippen LogP contribution in [0.5, 0.6) is 5.75 Å². The van der Waals surface area contributed by atoms with E-state index in [1.807, 2.05) is 25.1 Å². The molecule has 108 valence electrons. The number of amides is 2. The standard InChI is InChI=1S/C14H18N2O3S/c1-9-3-4-11(19-2)10(7-9)16-13(17)8-12-14(18)15-5-6-20-12/h3-4,7,12H,5-6,8H2,1-2H3,(H,15,18)(H,16,17)/t12-/m1/s1. The number of aryl methyl sites for hydroxylation is 1. The van der Waals surface area contributed by atoms with Gasteiger partial charge in [0.1, 0.15) is 5.75 Å². The molecule has 0 unspecified atom stereocenters. The van der Waals surface area contributed by atoms with Gasteiger partial charge in [0.25, 0.3) is 0 Å². The molecule has 2 rings (SSSR count). The number of anilines is 1. The van der Waals surface area contributed by atoms with Crippen LogP contribution in [0.4, 0.5) is 5.69 Å². The van der Waals surface area contributed by atoms with Gasteiger partial charge in [-0.2, -0.15) is 0 Å². The second kappa shape index (κ2) is 6.65. The Morgan fingerprint density at radius 3 is 3.05 bits per heavy atom.